The molecule has 1 fully saturated rings. The zero-order valence-corrected chi connectivity index (χ0v) is 13.1. The highest BCUT2D eigenvalue weighted by Gasteiger charge is 2.43. The minimum absolute atomic E-state index is 0. The molecular weight excluding hydrogens is 379 g/mol. The molecule has 8 heteroatoms. The number of nitrogens with zero attached hydrogens (tertiary/aromatic N) is 1. The highest BCUT2D eigenvalue weighted by atomic mass is 127. The first-order valence-electron chi connectivity index (χ1n) is 5.82. The van der Waals surface area contributed by atoms with Crippen molar-refractivity contribution in [1.82, 2.24) is 0 Å². The maximum absolute atomic E-state index is 11.1. The Balaban J connectivity index is 0.00000200. The predicted octanol–water partition coefficient (Wildman–Crippen LogP) is -2.03. The van der Waals surface area contributed by atoms with Gasteiger partial charge in [-0.3, -0.25) is 0 Å². The fraction of sp³-hybridized carbons (Fsp3) is 0.500. The first kappa shape index (κ1) is 17.2. The molecular formula is C12H17IN2O5. The summed E-state index contributed by atoms with van der Waals surface area (Å²) in [6.07, 6.45) is -0.949. The van der Waals surface area contributed by atoms with Crippen molar-refractivity contribution in [2.75, 3.05) is 6.61 Å². The largest absolute Gasteiger partial charge is 0.859 e. The van der Waals surface area contributed by atoms with Crippen LogP contribution in [0.1, 0.15) is 17.2 Å². The van der Waals surface area contributed by atoms with Crippen LogP contribution in [0.4, 0.5) is 0 Å². The van der Waals surface area contributed by atoms with Crippen LogP contribution >= 0.6 is 24.0 Å². The van der Waals surface area contributed by atoms with E-state index in [2.05, 4.69) is 0 Å². The fourth-order valence-corrected chi connectivity index (χ4v) is 2.20. The van der Waals surface area contributed by atoms with Crippen molar-refractivity contribution in [2.45, 2.75) is 24.4 Å². The van der Waals surface area contributed by atoms with Crippen molar-refractivity contribution in [1.29, 1.82) is 5.41 Å². The number of hydrogen-bond donors (Lipinski definition) is 4. The van der Waals surface area contributed by atoms with E-state index >= 15 is 0 Å². The van der Waals surface area contributed by atoms with Crippen LogP contribution < -0.4 is 9.67 Å². The van der Waals surface area contributed by atoms with Crippen LogP contribution in [0.2, 0.25) is 0 Å². The van der Waals surface area contributed by atoms with E-state index in [0.717, 1.165) is 0 Å². The molecule has 4 atom stereocenters. The summed E-state index contributed by atoms with van der Waals surface area (Å²) in [6.45, 7) is -0.405. The van der Waals surface area contributed by atoms with Gasteiger partial charge in [0.2, 0.25) is 0 Å². The molecule has 0 unspecified atom stereocenters. The molecule has 0 spiro atoms. The predicted molar refractivity (Wildman–Crippen MR) is 76.6 cm³/mol. The second kappa shape index (κ2) is 6.76. The molecule has 1 saturated heterocycles. The lowest BCUT2D eigenvalue weighted by Crippen LogP contribution is -2.34. The Morgan fingerprint density at radius 1 is 1.40 bits per heavy atom. The average molecular weight is 396 g/mol. The summed E-state index contributed by atoms with van der Waals surface area (Å²) in [5, 5.41) is 46.8. The molecule has 0 aromatic carbocycles. The van der Waals surface area contributed by atoms with Crippen LogP contribution in [0.3, 0.4) is 0 Å². The summed E-state index contributed by atoms with van der Waals surface area (Å²) in [4.78, 5) is 0. The maximum atomic E-state index is 11.1. The second-order valence-corrected chi connectivity index (χ2v) is 4.61. The van der Waals surface area contributed by atoms with Crippen LogP contribution in [0.25, 0.3) is 0 Å². The molecule has 2 heterocycles. The Bertz CT molecular complexity index is 499. The summed E-state index contributed by atoms with van der Waals surface area (Å²) in [7, 11) is 1.68. The van der Waals surface area contributed by atoms with Crippen molar-refractivity contribution in [3.8, 4) is 0 Å². The lowest BCUT2D eigenvalue weighted by Gasteiger charge is -2.15. The Kier molecular flexibility index (Phi) is 5.83. The van der Waals surface area contributed by atoms with Crippen molar-refractivity contribution < 1.29 is 29.7 Å². The zero-order chi connectivity index (χ0) is 14.2. The molecule has 4 N–H and O–H groups in total. The summed E-state index contributed by atoms with van der Waals surface area (Å²) >= 11 is 0. The van der Waals surface area contributed by atoms with Gasteiger partial charge in [0, 0.05) is 11.1 Å². The van der Waals surface area contributed by atoms with E-state index in [0.29, 0.717) is 5.56 Å². The van der Waals surface area contributed by atoms with E-state index < -0.39 is 36.9 Å². The van der Waals surface area contributed by atoms with Crippen molar-refractivity contribution in [2.24, 2.45) is 7.05 Å². The van der Waals surface area contributed by atoms with E-state index in [1.54, 1.807) is 17.8 Å². The molecule has 1 aliphatic rings. The number of rotatable bonds is 3. The van der Waals surface area contributed by atoms with E-state index in [1.165, 1.54) is 12.3 Å². The third-order valence-electron chi connectivity index (χ3n) is 3.15. The summed E-state index contributed by atoms with van der Waals surface area (Å²) in [5.41, 5.74) is 0.640. The number of pyridine rings is 1. The molecule has 0 aliphatic carbocycles. The van der Waals surface area contributed by atoms with Crippen LogP contribution in [0.5, 0.6) is 0 Å². The molecule has 0 radical (unpaired) electrons. The van der Waals surface area contributed by atoms with Crippen molar-refractivity contribution in [3.63, 3.8) is 0 Å². The summed E-state index contributed by atoms with van der Waals surface area (Å²) in [5.74, 6) is -0.843. The molecule has 0 bridgehead atoms. The van der Waals surface area contributed by atoms with Gasteiger partial charge in [0.1, 0.15) is 31.5 Å². The lowest BCUT2D eigenvalue weighted by atomic mass is 10.0. The highest BCUT2D eigenvalue weighted by Crippen LogP contribution is 2.33. The standard InChI is InChI=1S/C12H16N2O5.HI/c1-14-3-6(2-7(4-14)12(13)18)11-10(17)9(16)8(5-15)19-11;/h2-4,8-11,15-17H,5H2,1H3,(H-,13,18);1H/t8-,9-,10-,11+;/m1./s1. The van der Waals surface area contributed by atoms with Gasteiger partial charge in [-0.2, -0.15) is 0 Å². The number of nitrogens with one attached hydrogen (secondary N) is 1. The normalized spacial score (nSPS) is 29.0. The van der Waals surface area contributed by atoms with Gasteiger partial charge < -0.3 is 30.6 Å². The van der Waals surface area contributed by atoms with E-state index in [-0.39, 0.29) is 29.5 Å². The van der Waals surface area contributed by atoms with Crippen LogP contribution in [-0.2, 0) is 11.8 Å². The number of hydrogen-bond acceptors (Lipinski definition) is 6. The molecule has 1 aromatic heterocycles. The minimum Gasteiger partial charge on any atom is -0.859 e. The van der Waals surface area contributed by atoms with Crippen molar-refractivity contribution in [3.05, 3.63) is 29.6 Å². The van der Waals surface area contributed by atoms with Gasteiger partial charge >= 0.3 is 0 Å². The number of aliphatic hydroxyl groups is 3. The molecule has 1 aliphatic heterocycles. The SMILES string of the molecule is C[n+]1cc(C(=N)[O-])cc([C@@H]2O[C@H](CO)[C@@H](O)[C@H]2O)c1.I. The molecule has 20 heavy (non-hydrogen) atoms. The van der Waals surface area contributed by atoms with Crippen LogP contribution in [0, 0.1) is 5.41 Å². The summed E-state index contributed by atoms with van der Waals surface area (Å²) in [6, 6.07) is 1.44. The first-order chi connectivity index (χ1) is 8.93. The Labute approximate surface area is 133 Å². The highest BCUT2D eigenvalue weighted by molar-refractivity contribution is 14.0. The average Bonchev–Trinajstić information content (AvgIpc) is 2.65. The van der Waals surface area contributed by atoms with Gasteiger partial charge in [-0.1, -0.05) is 0 Å². The Morgan fingerprint density at radius 2 is 2.05 bits per heavy atom. The smallest absolute Gasteiger partial charge is 0.176 e. The van der Waals surface area contributed by atoms with Gasteiger partial charge in [-0.15, -0.1) is 24.0 Å². The van der Waals surface area contributed by atoms with E-state index in [4.69, 9.17) is 15.3 Å². The van der Waals surface area contributed by atoms with Gasteiger partial charge in [0.05, 0.1) is 6.61 Å². The van der Waals surface area contributed by atoms with Crippen LogP contribution in [-0.4, -0.2) is 46.1 Å². The third kappa shape index (κ3) is 3.26. The maximum Gasteiger partial charge on any atom is 0.176 e. The quantitative estimate of drug-likeness (QED) is 0.203. The number of aryl methyl sites for hydroxylation is 1. The lowest BCUT2D eigenvalue weighted by molar-refractivity contribution is -0.672. The minimum atomic E-state index is -1.19. The topological polar surface area (TPSA) is 121 Å². The number of ether oxygens (including phenoxy) is 1. The van der Waals surface area contributed by atoms with Gasteiger partial charge in [0.25, 0.3) is 0 Å². The monoisotopic (exact) mass is 396 g/mol. The molecule has 112 valence electrons. The van der Waals surface area contributed by atoms with E-state index in [1.807, 2.05) is 0 Å². The fourth-order valence-electron chi connectivity index (χ4n) is 2.20. The Hall–Kier alpha value is -0.810. The summed E-state index contributed by atoms with van der Waals surface area (Å²) < 4.78 is 6.95. The number of halogens is 1. The Morgan fingerprint density at radius 3 is 2.55 bits per heavy atom. The van der Waals surface area contributed by atoms with Gasteiger partial charge in [-0.05, 0) is 12.0 Å². The van der Waals surface area contributed by atoms with Crippen LogP contribution in [0.15, 0.2) is 18.5 Å². The van der Waals surface area contributed by atoms with Gasteiger partial charge in [-0.25, -0.2) is 4.57 Å². The molecule has 1 aromatic rings. The first-order valence-corrected chi connectivity index (χ1v) is 5.82. The van der Waals surface area contributed by atoms with Crippen molar-refractivity contribution >= 4 is 29.9 Å². The third-order valence-corrected chi connectivity index (χ3v) is 3.15. The molecule has 2 rings (SSSR count). The van der Waals surface area contributed by atoms with Gasteiger partial charge in [0.15, 0.2) is 12.4 Å². The molecule has 7 nitrogen and oxygen atoms in total. The molecule has 0 amide bonds. The zero-order valence-electron chi connectivity index (χ0n) is 10.8. The number of aromatic nitrogens is 1. The molecule has 0 saturated carbocycles. The van der Waals surface area contributed by atoms with E-state index in [9.17, 15) is 15.3 Å². The number of aliphatic hydroxyl groups excluding tert-OH is 3. The second-order valence-electron chi connectivity index (χ2n) is 4.61.